The van der Waals surface area contributed by atoms with Crippen LogP contribution < -0.4 is 10.2 Å². The molecule has 2 rings (SSSR count). The van der Waals surface area contributed by atoms with Gasteiger partial charge in [0.2, 0.25) is 5.91 Å². The maximum atomic E-state index is 11.9. The minimum Gasteiger partial charge on any atom is -0.361 e. The SMILES string of the molecule is CCNC(C)c1ccc(N2CCCN(C)C(=O)C2)cn1. The zero-order valence-corrected chi connectivity index (χ0v) is 12.6. The van der Waals surface area contributed by atoms with E-state index in [1.165, 1.54) is 0 Å². The monoisotopic (exact) mass is 276 g/mol. The summed E-state index contributed by atoms with van der Waals surface area (Å²) in [6.45, 7) is 7.30. The third-order valence-corrected chi connectivity index (χ3v) is 3.76. The minimum absolute atomic E-state index is 0.174. The Kier molecular flexibility index (Phi) is 4.95. The summed E-state index contributed by atoms with van der Waals surface area (Å²) >= 11 is 0. The second kappa shape index (κ2) is 6.70. The highest BCUT2D eigenvalue weighted by molar-refractivity contribution is 5.81. The molecule has 1 N–H and O–H groups in total. The lowest BCUT2D eigenvalue weighted by Crippen LogP contribution is -2.34. The van der Waals surface area contributed by atoms with Gasteiger partial charge in [-0.3, -0.25) is 9.78 Å². The van der Waals surface area contributed by atoms with Gasteiger partial charge >= 0.3 is 0 Å². The van der Waals surface area contributed by atoms with Crippen LogP contribution in [-0.2, 0) is 4.79 Å². The first kappa shape index (κ1) is 14.8. The van der Waals surface area contributed by atoms with Gasteiger partial charge in [0.1, 0.15) is 0 Å². The van der Waals surface area contributed by atoms with Gasteiger partial charge in [0, 0.05) is 26.2 Å². The third kappa shape index (κ3) is 3.48. The van der Waals surface area contributed by atoms with Crippen molar-refractivity contribution in [1.29, 1.82) is 0 Å². The fourth-order valence-corrected chi connectivity index (χ4v) is 2.46. The molecule has 0 spiro atoms. The van der Waals surface area contributed by atoms with Gasteiger partial charge in [-0.15, -0.1) is 0 Å². The second-order valence-corrected chi connectivity index (χ2v) is 5.31. The average molecular weight is 276 g/mol. The van der Waals surface area contributed by atoms with Crippen molar-refractivity contribution in [2.75, 3.05) is 38.1 Å². The maximum absolute atomic E-state index is 11.9. The van der Waals surface area contributed by atoms with Crippen LogP contribution >= 0.6 is 0 Å². The summed E-state index contributed by atoms with van der Waals surface area (Å²) in [5, 5.41) is 3.35. The average Bonchev–Trinajstić information content (AvgIpc) is 2.62. The van der Waals surface area contributed by atoms with Crippen molar-refractivity contribution in [3.63, 3.8) is 0 Å². The van der Waals surface area contributed by atoms with E-state index in [4.69, 9.17) is 0 Å². The molecule has 0 radical (unpaired) electrons. The van der Waals surface area contributed by atoms with Gasteiger partial charge in [-0.25, -0.2) is 0 Å². The molecule has 1 amide bonds. The summed E-state index contributed by atoms with van der Waals surface area (Å²) < 4.78 is 0. The van der Waals surface area contributed by atoms with Gasteiger partial charge in [0.15, 0.2) is 0 Å². The number of amides is 1. The number of hydrogen-bond acceptors (Lipinski definition) is 4. The molecule has 2 heterocycles. The van der Waals surface area contributed by atoms with Crippen LogP contribution in [0.2, 0.25) is 0 Å². The summed E-state index contributed by atoms with van der Waals surface area (Å²) in [7, 11) is 1.87. The molecule has 1 unspecified atom stereocenters. The molecular weight excluding hydrogens is 252 g/mol. The van der Waals surface area contributed by atoms with Crippen molar-refractivity contribution < 1.29 is 4.79 Å². The largest absolute Gasteiger partial charge is 0.361 e. The number of pyridine rings is 1. The lowest BCUT2D eigenvalue weighted by Gasteiger charge is -2.22. The van der Waals surface area contributed by atoms with Crippen LogP contribution in [0, 0.1) is 0 Å². The summed E-state index contributed by atoms with van der Waals surface area (Å²) in [5.41, 5.74) is 2.06. The smallest absolute Gasteiger partial charge is 0.241 e. The maximum Gasteiger partial charge on any atom is 0.241 e. The van der Waals surface area contributed by atoms with Crippen LogP contribution in [0.4, 0.5) is 5.69 Å². The Morgan fingerprint density at radius 3 is 2.85 bits per heavy atom. The Hall–Kier alpha value is -1.62. The van der Waals surface area contributed by atoms with Gasteiger partial charge in [-0.2, -0.15) is 0 Å². The molecule has 1 aliphatic rings. The lowest BCUT2D eigenvalue weighted by atomic mass is 10.2. The predicted octanol–water partition coefficient (Wildman–Crippen LogP) is 1.42. The topological polar surface area (TPSA) is 48.5 Å². The number of carbonyl (C=O) groups is 1. The molecule has 5 heteroatoms. The Bertz CT molecular complexity index is 446. The third-order valence-electron chi connectivity index (χ3n) is 3.76. The molecule has 1 fully saturated rings. The summed E-state index contributed by atoms with van der Waals surface area (Å²) in [6, 6.07) is 4.36. The normalized spacial score (nSPS) is 18.1. The van der Waals surface area contributed by atoms with Gasteiger partial charge in [0.25, 0.3) is 0 Å². The van der Waals surface area contributed by atoms with Gasteiger partial charge in [0.05, 0.1) is 24.1 Å². The zero-order valence-electron chi connectivity index (χ0n) is 12.6. The predicted molar refractivity (Wildman–Crippen MR) is 80.8 cm³/mol. The van der Waals surface area contributed by atoms with E-state index in [0.717, 1.165) is 37.4 Å². The minimum atomic E-state index is 0.174. The highest BCUT2D eigenvalue weighted by Gasteiger charge is 2.19. The number of nitrogens with one attached hydrogen (secondary N) is 1. The number of hydrogen-bond donors (Lipinski definition) is 1. The van der Waals surface area contributed by atoms with Crippen LogP contribution in [0.25, 0.3) is 0 Å². The first-order chi connectivity index (χ1) is 9.61. The van der Waals surface area contributed by atoms with Crippen LogP contribution in [-0.4, -0.2) is 49.0 Å². The highest BCUT2D eigenvalue weighted by Crippen LogP contribution is 2.18. The van der Waals surface area contributed by atoms with Crippen molar-refractivity contribution >= 4 is 11.6 Å². The molecular formula is C15H24N4O. The molecule has 5 nitrogen and oxygen atoms in total. The zero-order chi connectivity index (χ0) is 14.5. The number of likely N-dealkylation sites (N-methyl/N-ethyl adjacent to an activating group) is 1. The van der Waals surface area contributed by atoms with E-state index in [9.17, 15) is 4.79 Å². The number of rotatable bonds is 4. The second-order valence-electron chi connectivity index (χ2n) is 5.31. The lowest BCUT2D eigenvalue weighted by molar-refractivity contribution is -0.127. The fraction of sp³-hybridized carbons (Fsp3) is 0.600. The van der Waals surface area contributed by atoms with E-state index >= 15 is 0 Å². The Labute approximate surface area is 121 Å². The Morgan fingerprint density at radius 2 is 2.20 bits per heavy atom. The van der Waals surface area contributed by atoms with E-state index in [0.29, 0.717) is 6.54 Å². The summed E-state index contributed by atoms with van der Waals surface area (Å²) in [4.78, 5) is 20.3. The van der Waals surface area contributed by atoms with Crippen LogP contribution in [0.1, 0.15) is 32.0 Å². The van der Waals surface area contributed by atoms with E-state index in [1.807, 2.05) is 19.3 Å². The number of anilines is 1. The number of carbonyl (C=O) groups excluding carboxylic acids is 1. The van der Waals surface area contributed by atoms with Crippen molar-refractivity contribution in [2.24, 2.45) is 0 Å². The molecule has 0 saturated carbocycles. The van der Waals surface area contributed by atoms with E-state index in [1.54, 1.807) is 4.90 Å². The van der Waals surface area contributed by atoms with Gasteiger partial charge < -0.3 is 15.1 Å². The van der Waals surface area contributed by atoms with E-state index in [2.05, 4.69) is 35.1 Å². The van der Waals surface area contributed by atoms with Gasteiger partial charge in [-0.1, -0.05) is 6.92 Å². The Morgan fingerprint density at radius 1 is 1.40 bits per heavy atom. The molecule has 1 saturated heterocycles. The molecule has 1 aliphatic heterocycles. The van der Waals surface area contributed by atoms with Crippen LogP contribution in [0.5, 0.6) is 0 Å². The van der Waals surface area contributed by atoms with Crippen LogP contribution in [0.15, 0.2) is 18.3 Å². The van der Waals surface area contributed by atoms with Crippen LogP contribution in [0.3, 0.4) is 0 Å². The van der Waals surface area contributed by atoms with Crippen molar-refractivity contribution in [3.05, 3.63) is 24.0 Å². The molecule has 0 bridgehead atoms. The molecule has 1 aromatic rings. The molecule has 1 atom stereocenters. The van der Waals surface area contributed by atoms with E-state index in [-0.39, 0.29) is 11.9 Å². The number of aromatic nitrogens is 1. The van der Waals surface area contributed by atoms with Crippen molar-refractivity contribution in [3.8, 4) is 0 Å². The quantitative estimate of drug-likeness (QED) is 0.903. The fourth-order valence-electron chi connectivity index (χ4n) is 2.46. The van der Waals surface area contributed by atoms with Gasteiger partial charge in [-0.05, 0) is 32.0 Å². The molecule has 0 aliphatic carbocycles. The van der Waals surface area contributed by atoms with Crippen molar-refractivity contribution in [2.45, 2.75) is 26.3 Å². The molecule has 0 aromatic carbocycles. The van der Waals surface area contributed by atoms with E-state index < -0.39 is 0 Å². The first-order valence-corrected chi connectivity index (χ1v) is 7.30. The summed E-state index contributed by atoms with van der Waals surface area (Å²) in [5.74, 6) is 0.174. The summed E-state index contributed by atoms with van der Waals surface area (Å²) in [6.07, 6.45) is 2.87. The number of nitrogens with zero attached hydrogens (tertiary/aromatic N) is 3. The van der Waals surface area contributed by atoms with Crippen molar-refractivity contribution in [1.82, 2.24) is 15.2 Å². The highest BCUT2D eigenvalue weighted by atomic mass is 16.2. The molecule has 110 valence electrons. The standard InChI is InChI=1S/C15H24N4O/c1-4-16-12(2)14-7-6-13(10-17-14)19-9-5-8-18(3)15(20)11-19/h6-7,10,12,16H,4-5,8-9,11H2,1-3H3. The Balaban J connectivity index is 2.07. The molecule has 20 heavy (non-hydrogen) atoms. The molecule has 1 aromatic heterocycles. The first-order valence-electron chi connectivity index (χ1n) is 7.30.